The Balaban J connectivity index is 2.55. The van der Waals surface area contributed by atoms with Gasteiger partial charge in [-0.2, -0.15) is 0 Å². The van der Waals surface area contributed by atoms with Crippen molar-refractivity contribution in [3.63, 3.8) is 0 Å². The van der Waals surface area contributed by atoms with Crippen LogP contribution in [0, 0.1) is 0 Å². The first-order valence-electron chi connectivity index (χ1n) is 4.86. The van der Waals surface area contributed by atoms with E-state index in [9.17, 15) is 4.79 Å². The molecule has 0 saturated heterocycles. The van der Waals surface area contributed by atoms with E-state index < -0.39 is 5.97 Å². The largest absolute Gasteiger partial charge is 0.496 e. The van der Waals surface area contributed by atoms with Gasteiger partial charge in [0, 0.05) is 4.47 Å². The Labute approximate surface area is 115 Å². The number of methoxy groups -OCH3 is 1. The van der Waals surface area contributed by atoms with Crippen molar-refractivity contribution in [3.05, 3.63) is 28.4 Å². The molecule has 0 atom stereocenters. The van der Waals surface area contributed by atoms with Gasteiger partial charge >= 0.3 is 5.97 Å². The van der Waals surface area contributed by atoms with E-state index in [4.69, 9.17) is 15.6 Å². The fourth-order valence-corrected chi connectivity index (χ4v) is 2.64. The van der Waals surface area contributed by atoms with E-state index in [-0.39, 0.29) is 10.7 Å². The molecule has 0 saturated carbocycles. The first-order valence-corrected chi connectivity index (χ1v) is 6.47. The number of nitrogens with zero attached hydrogens (tertiary/aromatic N) is 1. The van der Waals surface area contributed by atoms with E-state index in [1.807, 2.05) is 6.07 Å². The standard InChI is InChI=1S/C11H9BrN2O3S/c1-17-7-4-5(12)2-3-6(7)10-14-8(11(15)16)9(13)18-10/h2-4H,13H2,1H3,(H,15,16). The molecule has 0 aliphatic heterocycles. The van der Waals surface area contributed by atoms with Crippen LogP contribution in [0.5, 0.6) is 5.75 Å². The van der Waals surface area contributed by atoms with E-state index in [0.29, 0.717) is 16.3 Å². The van der Waals surface area contributed by atoms with Gasteiger partial charge in [-0.05, 0) is 18.2 Å². The van der Waals surface area contributed by atoms with Crippen LogP contribution in [0.2, 0.25) is 0 Å². The minimum atomic E-state index is -1.13. The SMILES string of the molecule is COc1cc(Br)ccc1-c1nc(C(=O)O)c(N)s1. The Morgan fingerprint density at radius 3 is 2.83 bits per heavy atom. The van der Waals surface area contributed by atoms with E-state index >= 15 is 0 Å². The molecule has 1 aromatic heterocycles. The molecule has 7 heteroatoms. The maximum atomic E-state index is 10.9. The highest BCUT2D eigenvalue weighted by Gasteiger charge is 2.18. The molecule has 1 aromatic carbocycles. The van der Waals surface area contributed by atoms with Crippen LogP contribution in [-0.4, -0.2) is 23.2 Å². The van der Waals surface area contributed by atoms with Gasteiger partial charge in [-0.3, -0.25) is 0 Å². The third-order valence-electron chi connectivity index (χ3n) is 2.25. The van der Waals surface area contributed by atoms with Gasteiger partial charge in [-0.1, -0.05) is 27.3 Å². The Bertz CT molecular complexity index is 612. The molecule has 0 radical (unpaired) electrons. The first-order chi connectivity index (χ1) is 8.52. The number of thiazole rings is 1. The van der Waals surface area contributed by atoms with Crippen LogP contribution in [0.25, 0.3) is 10.6 Å². The minimum absolute atomic E-state index is 0.125. The summed E-state index contributed by atoms with van der Waals surface area (Å²) in [5.41, 5.74) is 6.21. The molecule has 94 valence electrons. The number of aromatic carboxylic acids is 1. The van der Waals surface area contributed by atoms with Gasteiger partial charge in [0.15, 0.2) is 5.69 Å². The quantitative estimate of drug-likeness (QED) is 0.904. The molecule has 0 aliphatic carbocycles. The lowest BCUT2D eigenvalue weighted by molar-refractivity contribution is 0.0692. The van der Waals surface area contributed by atoms with E-state index in [0.717, 1.165) is 15.8 Å². The fourth-order valence-electron chi connectivity index (χ4n) is 1.44. The summed E-state index contributed by atoms with van der Waals surface area (Å²) in [6.45, 7) is 0. The molecule has 5 nitrogen and oxygen atoms in total. The van der Waals surface area contributed by atoms with Crippen LogP contribution in [0.1, 0.15) is 10.5 Å². The Kier molecular flexibility index (Phi) is 3.53. The minimum Gasteiger partial charge on any atom is -0.496 e. The molecule has 18 heavy (non-hydrogen) atoms. The Morgan fingerprint density at radius 1 is 1.56 bits per heavy atom. The van der Waals surface area contributed by atoms with E-state index in [2.05, 4.69) is 20.9 Å². The van der Waals surface area contributed by atoms with Crippen molar-refractivity contribution in [2.24, 2.45) is 0 Å². The number of aromatic nitrogens is 1. The first kappa shape index (κ1) is 12.8. The number of rotatable bonds is 3. The molecule has 0 bridgehead atoms. The summed E-state index contributed by atoms with van der Waals surface area (Å²) in [6, 6.07) is 5.41. The number of carbonyl (C=O) groups is 1. The second-order valence-electron chi connectivity index (χ2n) is 3.38. The predicted molar refractivity (Wildman–Crippen MR) is 73.2 cm³/mol. The summed E-state index contributed by atoms with van der Waals surface area (Å²) < 4.78 is 6.11. The number of anilines is 1. The van der Waals surface area contributed by atoms with Crippen LogP contribution in [0.15, 0.2) is 22.7 Å². The zero-order valence-electron chi connectivity index (χ0n) is 9.31. The molecule has 2 aromatic rings. The number of nitrogen functional groups attached to an aromatic ring is 1. The summed E-state index contributed by atoms with van der Waals surface area (Å²) in [5, 5.41) is 9.63. The van der Waals surface area contributed by atoms with Crippen molar-refractivity contribution in [1.82, 2.24) is 4.98 Å². The monoisotopic (exact) mass is 328 g/mol. The molecule has 0 spiro atoms. The molecule has 2 rings (SSSR count). The molecule has 0 aliphatic rings. The summed E-state index contributed by atoms with van der Waals surface area (Å²) in [7, 11) is 1.54. The maximum absolute atomic E-state index is 10.9. The van der Waals surface area contributed by atoms with Crippen LogP contribution in [-0.2, 0) is 0 Å². The molecule has 0 amide bonds. The lowest BCUT2D eigenvalue weighted by Crippen LogP contribution is -2.00. The molecule has 0 unspecified atom stereocenters. The summed E-state index contributed by atoms with van der Waals surface area (Å²) in [5.74, 6) is -0.527. The molecular formula is C11H9BrN2O3S. The number of hydrogen-bond donors (Lipinski definition) is 2. The zero-order valence-corrected chi connectivity index (χ0v) is 11.7. The number of carboxylic acids is 1. The number of hydrogen-bond acceptors (Lipinski definition) is 5. The van der Waals surface area contributed by atoms with Gasteiger partial charge in [0.05, 0.1) is 12.7 Å². The number of carboxylic acid groups (broad SMARTS) is 1. The van der Waals surface area contributed by atoms with Crippen molar-refractivity contribution in [1.29, 1.82) is 0 Å². The van der Waals surface area contributed by atoms with Gasteiger partial charge in [-0.15, -0.1) is 0 Å². The van der Waals surface area contributed by atoms with Gasteiger partial charge in [0.25, 0.3) is 0 Å². The number of ether oxygens (including phenoxy) is 1. The molecule has 3 N–H and O–H groups in total. The average molecular weight is 329 g/mol. The number of benzene rings is 1. The third kappa shape index (κ3) is 2.32. The highest BCUT2D eigenvalue weighted by molar-refractivity contribution is 9.10. The lowest BCUT2D eigenvalue weighted by Gasteiger charge is -2.05. The van der Waals surface area contributed by atoms with Crippen LogP contribution in [0.3, 0.4) is 0 Å². The molecule has 1 heterocycles. The maximum Gasteiger partial charge on any atom is 0.357 e. The smallest absolute Gasteiger partial charge is 0.357 e. The van der Waals surface area contributed by atoms with Gasteiger partial charge in [0.2, 0.25) is 0 Å². The topological polar surface area (TPSA) is 85.4 Å². The lowest BCUT2D eigenvalue weighted by atomic mass is 10.2. The highest BCUT2D eigenvalue weighted by Crippen LogP contribution is 2.37. The van der Waals surface area contributed by atoms with Crippen LogP contribution in [0.4, 0.5) is 5.00 Å². The fraction of sp³-hybridized carbons (Fsp3) is 0.0909. The van der Waals surface area contributed by atoms with Crippen molar-refractivity contribution in [2.45, 2.75) is 0 Å². The van der Waals surface area contributed by atoms with Crippen molar-refractivity contribution in [3.8, 4) is 16.3 Å². The van der Waals surface area contributed by atoms with Crippen molar-refractivity contribution >= 4 is 38.2 Å². The van der Waals surface area contributed by atoms with Gasteiger partial charge in [-0.25, -0.2) is 9.78 Å². The predicted octanol–water partition coefficient (Wildman–Crippen LogP) is 2.86. The highest BCUT2D eigenvalue weighted by atomic mass is 79.9. The summed E-state index contributed by atoms with van der Waals surface area (Å²) in [4.78, 5) is 14.9. The molecule has 0 fully saturated rings. The zero-order chi connectivity index (χ0) is 13.3. The third-order valence-corrected chi connectivity index (χ3v) is 3.66. The van der Waals surface area contributed by atoms with Gasteiger partial charge in [0.1, 0.15) is 15.8 Å². The average Bonchev–Trinajstić information content (AvgIpc) is 2.71. The Hall–Kier alpha value is -1.60. The summed E-state index contributed by atoms with van der Waals surface area (Å²) >= 11 is 4.46. The number of halogens is 1. The van der Waals surface area contributed by atoms with Crippen LogP contribution < -0.4 is 10.5 Å². The van der Waals surface area contributed by atoms with E-state index in [1.165, 1.54) is 0 Å². The summed E-state index contributed by atoms with van der Waals surface area (Å²) in [6.07, 6.45) is 0. The van der Waals surface area contributed by atoms with Crippen LogP contribution >= 0.6 is 27.3 Å². The molecular weight excluding hydrogens is 320 g/mol. The van der Waals surface area contributed by atoms with E-state index in [1.54, 1.807) is 19.2 Å². The van der Waals surface area contributed by atoms with Gasteiger partial charge < -0.3 is 15.6 Å². The number of nitrogens with two attached hydrogens (primary N) is 1. The normalized spacial score (nSPS) is 10.3. The Morgan fingerprint density at radius 2 is 2.28 bits per heavy atom. The van der Waals surface area contributed by atoms with Crippen molar-refractivity contribution in [2.75, 3.05) is 12.8 Å². The van der Waals surface area contributed by atoms with Crippen molar-refractivity contribution < 1.29 is 14.6 Å². The second-order valence-corrected chi connectivity index (χ2v) is 5.33. The second kappa shape index (κ2) is 4.95.